The van der Waals surface area contributed by atoms with E-state index in [1.807, 2.05) is 13.8 Å². The van der Waals surface area contributed by atoms with Crippen LogP contribution >= 0.6 is 0 Å². The van der Waals surface area contributed by atoms with Crippen molar-refractivity contribution in [1.29, 1.82) is 0 Å². The van der Waals surface area contributed by atoms with Gasteiger partial charge in [0.2, 0.25) is 0 Å². The predicted octanol–water partition coefficient (Wildman–Crippen LogP) is 3.81. The van der Waals surface area contributed by atoms with Gasteiger partial charge in [0, 0.05) is 5.56 Å². The van der Waals surface area contributed by atoms with Gasteiger partial charge in [-0.2, -0.15) is 4.98 Å². The van der Waals surface area contributed by atoms with Crippen molar-refractivity contribution in [3.63, 3.8) is 0 Å². The molecule has 27 heavy (non-hydrogen) atoms. The highest BCUT2D eigenvalue weighted by atomic mass is 19.1. The van der Waals surface area contributed by atoms with Crippen molar-refractivity contribution in [2.75, 3.05) is 11.9 Å². The van der Waals surface area contributed by atoms with Gasteiger partial charge in [0.25, 0.3) is 5.71 Å². The van der Waals surface area contributed by atoms with Crippen LogP contribution in [-0.4, -0.2) is 33.7 Å². The molecule has 0 aliphatic rings. The quantitative estimate of drug-likeness (QED) is 0.631. The molecule has 0 spiro atoms. The second-order valence-electron chi connectivity index (χ2n) is 6.52. The number of esters is 1. The summed E-state index contributed by atoms with van der Waals surface area (Å²) in [6.07, 6.45) is 1.91. The third kappa shape index (κ3) is 4.21. The fourth-order valence-corrected chi connectivity index (χ4v) is 2.79. The smallest absolute Gasteiger partial charge is 0.328 e. The molecule has 0 aliphatic heterocycles. The molecule has 3 aromatic rings. The zero-order valence-electron chi connectivity index (χ0n) is 15.4. The van der Waals surface area contributed by atoms with Crippen LogP contribution in [0.4, 0.5) is 10.2 Å². The Labute approximate surface area is 155 Å². The number of fused-ring (bicyclic) bond motifs is 1. The van der Waals surface area contributed by atoms with Crippen LogP contribution in [0.1, 0.15) is 27.2 Å². The van der Waals surface area contributed by atoms with Crippen molar-refractivity contribution < 1.29 is 18.4 Å². The van der Waals surface area contributed by atoms with Crippen LogP contribution in [0.2, 0.25) is 0 Å². The second kappa shape index (κ2) is 8.11. The lowest BCUT2D eigenvalue weighted by molar-refractivity contribution is -0.144. The maximum Gasteiger partial charge on any atom is 0.328 e. The Bertz CT molecular complexity index is 924. The van der Waals surface area contributed by atoms with E-state index in [9.17, 15) is 9.18 Å². The van der Waals surface area contributed by atoms with Gasteiger partial charge < -0.3 is 14.6 Å². The monoisotopic (exact) mass is 372 g/mol. The fraction of sp³-hybridized carbons (Fsp3) is 0.368. The van der Waals surface area contributed by atoms with Crippen LogP contribution < -0.4 is 5.32 Å². The van der Waals surface area contributed by atoms with Crippen molar-refractivity contribution in [3.8, 4) is 11.3 Å². The molecule has 0 amide bonds. The summed E-state index contributed by atoms with van der Waals surface area (Å²) in [7, 11) is 0. The van der Waals surface area contributed by atoms with E-state index in [0.29, 0.717) is 35.5 Å². The molecule has 1 atom stereocenters. The molecule has 0 bridgehead atoms. The highest BCUT2D eigenvalue weighted by Crippen LogP contribution is 2.32. The van der Waals surface area contributed by atoms with Gasteiger partial charge in [-0.1, -0.05) is 19.0 Å². The third-order valence-corrected chi connectivity index (χ3v) is 3.98. The normalized spacial score (nSPS) is 12.3. The minimum atomic E-state index is -0.570. The zero-order valence-corrected chi connectivity index (χ0v) is 15.4. The fourth-order valence-electron chi connectivity index (χ4n) is 2.79. The number of carbonyl (C=O) groups excluding carboxylic acids is 1. The molecule has 1 unspecified atom stereocenters. The number of nitrogens with one attached hydrogen (secondary N) is 1. The van der Waals surface area contributed by atoms with Gasteiger partial charge in [-0.05, 0) is 43.5 Å². The van der Waals surface area contributed by atoms with E-state index in [-0.39, 0.29) is 23.4 Å². The molecule has 3 rings (SSSR count). The van der Waals surface area contributed by atoms with Gasteiger partial charge in [0.1, 0.15) is 35.1 Å². The Morgan fingerprint density at radius 3 is 2.67 bits per heavy atom. The molecule has 142 valence electrons. The molecule has 0 radical (unpaired) electrons. The number of anilines is 1. The van der Waals surface area contributed by atoms with E-state index in [1.165, 1.54) is 18.5 Å². The van der Waals surface area contributed by atoms with E-state index >= 15 is 0 Å². The van der Waals surface area contributed by atoms with Crippen LogP contribution in [0, 0.1) is 11.7 Å². The van der Waals surface area contributed by atoms with E-state index in [4.69, 9.17) is 9.26 Å². The lowest BCUT2D eigenvalue weighted by Crippen LogP contribution is -2.33. The number of benzene rings is 1. The number of hydrogen-bond acceptors (Lipinski definition) is 7. The first-order chi connectivity index (χ1) is 13.0. The van der Waals surface area contributed by atoms with Gasteiger partial charge in [0.05, 0.1) is 6.61 Å². The topological polar surface area (TPSA) is 90.1 Å². The number of hydrogen-bond donors (Lipinski definition) is 1. The number of carbonyl (C=O) groups is 1. The van der Waals surface area contributed by atoms with Crippen molar-refractivity contribution in [1.82, 2.24) is 15.1 Å². The summed E-state index contributed by atoms with van der Waals surface area (Å²) in [4.78, 5) is 20.7. The maximum absolute atomic E-state index is 13.2. The standard InChI is InChI=1S/C19H21FN4O3/c1-4-26-19(25)14(9-11(2)3)23-17-15-16(12-5-7-13(20)8-6-12)24-27-18(15)22-10-21-17/h5-8,10-11,14H,4,9H2,1-3H3,(H,21,22,23). The molecule has 7 nitrogen and oxygen atoms in total. The third-order valence-electron chi connectivity index (χ3n) is 3.98. The average molecular weight is 372 g/mol. The van der Waals surface area contributed by atoms with Gasteiger partial charge in [-0.25, -0.2) is 14.2 Å². The molecule has 2 aromatic heterocycles. The molecule has 2 heterocycles. The van der Waals surface area contributed by atoms with Crippen molar-refractivity contribution in [3.05, 3.63) is 36.4 Å². The van der Waals surface area contributed by atoms with Crippen LogP contribution in [0.3, 0.4) is 0 Å². The molecular formula is C19H21FN4O3. The molecule has 0 saturated heterocycles. The summed E-state index contributed by atoms with van der Waals surface area (Å²) >= 11 is 0. The first-order valence-electron chi connectivity index (χ1n) is 8.79. The number of halogens is 1. The maximum atomic E-state index is 13.2. The summed E-state index contributed by atoms with van der Waals surface area (Å²) in [5, 5.41) is 7.72. The first kappa shape index (κ1) is 18.8. The van der Waals surface area contributed by atoms with Gasteiger partial charge in [-0.15, -0.1) is 0 Å². The van der Waals surface area contributed by atoms with Gasteiger partial charge >= 0.3 is 5.97 Å². The van der Waals surface area contributed by atoms with E-state index in [2.05, 4.69) is 20.4 Å². The Kier molecular flexibility index (Phi) is 5.63. The minimum absolute atomic E-state index is 0.267. The first-order valence-corrected chi connectivity index (χ1v) is 8.79. The molecule has 1 aromatic carbocycles. The Hall–Kier alpha value is -3.03. The Morgan fingerprint density at radius 1 is 1.26 bits per heavy atom. The van der Waals surface area contributed by atoms with Crippen LogP contribution in [0.5, 0.6) is 0 Å². The SMILES string of the molecule is CCOC(=O)C(CC(C)C)Nc1ncnc2onc(-c3ccc(F)cc3)c12. The van der Waals surface area contributed by atoms with E-state index in [1.54, 1.807) is 19.1 Å². The molecule has 0 saturated carbocycles. The van der Waals surface area contributed by atoms with Crippen LogP contribution in [0.25, 0.3) is 22.4 Å². The average Bonchev–Trinajstić information content (AvgIpc) is 3.07. The molecular weight excluding hydrogens is 351 g/mol. The summed E-state index contributed by atoms with van der Waals surface area (Å²) in [6, 6.07) is 5.31. The molecule has 0 fully saturated rings. The highest BCUT2D eigenvalue weighted by Gasteiger charge is 2.24. The summed E-state index contributed by atoms with van der Waals surface area (Å²) in [6.45, 7) is 6.10. The highest BCUT2D eigenvalue weighted by molar-refractivity contribution is 5.98. The summed E-state index contributed by atoms with van der Waals surface area (Å²) in [5.41, 5.74) is 1.41. The van der Waals surface area contributed by atoms with Crippen molar-refractivity contribution >= 4 is 22.9 Å². The van der Waals surface area contributed by atoms with E-state index < -0.39 is 6.04 Å². The lowest BCUT2D eigenvalue weighted by Gasteiger charge is -2.19. The minimum Gasteiger partial charge on any atom is -0.464 e. The molecule has 1 N–H and O–H groups in total. The summed E-state index contributed by atoms with van der Waals surface area (Å²) < 4.78 is 23.7. The zero-order chi connectivity index (χ0) is 19.4. The van der Waals surface area contributed by atoms with Crippen molar-refractivity contribution in [2.45, 2.75) is 33.2 Å². The number of rotatable bonds is 7. The Balaban J connectivity index is 2.01. The number of nitrogens with zero attached hydrogens (tertiary/aromatic N) is 3. The van der Waals surface area contributed by atoms with Gasteiger partial charge in [0.15, 0.2) is 0 Å². The van der Waals surface area contributed by atoms with Crippen LogP contribution in [0.15, 0.2) is 35.1 Å². The Morgan fingerprint density at radius 2 is 2.00 bits per heavy atom. The van der Waals surface area contributed by atoms with E-state index in [0.717, 1.165) is 0 Å². The molecule has 0 aliphatic carbocycles. The predicted molar refractivity (Wildman–Crippen MR) is 98.5 cm³/mol. The second-order valence-corrected chi connectivity index (χ2v) is 6.52. The number of aromatic nitrogens is 3. The lowest BCUT2D eigenvalue weighted by atomic mass is 10.0. The van der Waals surface area contributed by atoms with Crippen molar-refractivity contribution in [2.24, 2.45) is 5.92 Å². The summed E-state index contributed by atoms with van der Waals surface area (Å²) in [5.74, 6) is -0.0132. The number of ether oxygens (including phenoxy) is 1. The molecule has 8 heteroatoms. The largest absolute Gasteiger partial charge is 0.464 e. The van der Waals surface area contributed by atoms with Gasteiger partial charge in [-0.3, -0.25) is 0 Å². The van der Waals surface area contributed by atoms with Crippen LogP contribution in [-0.2, 0) is 9.53 Å².